The number of benzene rings is 1. The number of nitrogens with zero attached hydrogens (tertiary/aromatic N) is 2. The summed E-state index contributed by atoms with van der Waals surface area (Å²) < 4.78 is 14.2. The fraction of sp³-hybridized carbons (Fsp3) is 0.385. The molecule has 1 amide bonds. The van der Waals surface area contributed by atoms with Gasteiger partial charge in [-0.25, -0.2) is 4.39 Å². The third kappa shape index (κ3) is 2.92. The van der Waals surface area contributed by atoms with Crippen LogP contribution in [0.25, 0.3) is 0 Å². The summed E-state index contributed by atoms with van der Waals surface area (Å²) in [5, 5.41) is 11.6. The second kappa shape index (κ2) is 6.21. The molecule has 0 aliphatic carbocycles. The highest BCUT2D eigenvalue weighted by Gasteiger charge is 2.27. The van der Waals surface area contributed by atoms with Crippen LogP contribution >= 0.6 is 15.9 Å². The van der Waals surface area contributed by atoms with Crippen molar-refractivity contribution in [2.45, 2.75) is 12.8 Å². The summed E-state index contributed by atoms with van der Waals surface area (Å²) in [4.78, 5) is 13.9. The topological polar surface area (TPSA) is 78.9 Å². The van der Waals surface area contributed by atoms with Crippen molar-refractivity contribution in [3.8, 4) is 0 Å². The van der Waals surface area contributed by atoms with Gasteiger partial charge in [-0.2, -0.15) is 0 Å². The quantitative estimate of drug-likeness (QED) is 0.374. The third-order valence-corrected chi connectivity index (χ3v) is 4.11. The molecule has 1 saturated heterocycles. The van der Waals surface area contributed by atoms with E-state index in [1.54, 1.807) is 17.0 Å². The highest BCUT2D eigenvalue weighted by molar-refractivity contribution is 9.10. The first kappa shape index (κ1) is 14.8. The van der Waals surface area contributed by atoms with Gasteiger partial charge < -0.3 is 15.8 Å². The van der Waals surface area contributed by atoms with Crippen molar-refractivity contribution in [3.63, 3.8) is 0 Å². The number of halogens is 2. The van der Waals surface area contributed by atoms with Gasteiger partial charge in [0.2, 0.25) is 0 Å². The summed E-state index contributed by atoms with van der Waals surface area (Å²) in [6.45, 7) is 0.928. The second-order valence-corrected chi connectivity index (χ2v) is 5.55. The lowest BCUT2D eigenvalue weighted by molar-refractivity contribution is 0.0704. The summed E-state index contributed by atoms with van der Waals surface area (Å²) in [6.07, 6.45) is 1.22. The van der Waals surface area contributed by atoms with Gasteiger partial charge in [0.25, 0.3) is 5.91 Å². The molecule has 3 N–H and O–H groups in total. The van der Waals surface area contributed by atoms with Crippen molar-refractivity contribution in [1.82, 2.24) is 4.90 Å². The predicted molar refractivity (Wildman–Crippen MR) is 76.1 cm³/mol. The zero-order valence-electron chi connectivity index (χ0n) is 10.7. The molecule has 0 spiro atoms. The average Bonchev–Trinajstić information content (AvgIpc) is 2.48. The molecule has 7 heteroatoms. The van der Waals surface area contributed by atoms with Gasteiger partial charge in [0, 0.05) is 19.0 Å². The minimum absolute atomic E-state index is 0.0311. The molecule has 20 heavy (non-hydrogen) atoms. The molecule has 0 aromatic heterocycles. The normalized spacial score (nSPS) is 17.3. The van der Waals surface area contributed by atoms with E-state index >= 15 is 0 Å². The van der Waals surface area contributed by atoms with Crippen molar-refractivity contribution in [1.29, 1.82) is 0 Å². The van der Waals surface area contributed by atoms with E-state index in [9.17, 15) is 9.18 Å². The summed E-state index contributed by atoms with van der Waals surface area (Å²) in [5.41, 5.74) is 5.61. The Labute approximate surface area is 124 Å². The van der Waals surface area contributed by atoms with Gasteiger partial charge in [0.1, 0.15) is 11.7 Å². The molecular weight excluding hydrogens is 329 g/mol. The molecule has 1 fully saturated rings. The van der Waals surface area contributed by atoms with E-state index in [2.05, 4.69) is 21.1 Å². The number of amidine groups is 1. The van der Waals surface area contributed by atoms with Crippen LogP contribution in [0.1, 0.15) is 23.2 Å². The lowest BCUT2D eigenvalue weighted by atomic mass is 9.95. The van der Waals surface area contributed by atoms with Crippen molar-refractivity contribution in [3.05, 3.63) is 34.1 Å². The Balaban J connectivity index is 2.07. The number of likely N-dealkylation sites (tertiary alicyclic amines) is 1. The van der Waals surface area contributed by atoms with Crippen molar-refractivity contribution >= 4 is 27.7 Å². The number of amides is 1. The molecule has 2 rings (SSSR count). The Hall–Kier alpha value is -1.63. The molecular formula is C13H15BrFN3O2. The van der Waals surface area contributed by atoms with Crippen LogP contribution in [0.2, 0.25) is 0 Å². The molecule has 0 radical (unpaired) electrons. The van der Waals surface area contributed by atoms with Crippen LogP contribution in [0.4, 0.5) is 4.39 Å². The highest BCUT2D eigenvalue weighted by atomic mass is 79.9. The zero-order chi connectivity index (χ0) is 14.7. The minimum Gasteiger partial charge on any atom is -0.409 e. The number of carbonyl (C=O) groups excluding carboxylic acids is 1. The van der Waals surface area contributed by atoms with Crippen molar-refractivity contribution < 1.29 is 14.4 Å². The third-order valence-electron chi connectivity index (χ3n) is 3.50. The van der Waals surface area contributed by atoms with E-state index in [1.807, 2.05) is 0 Å². The number of nitrogens with two attached hydrogens (primary N) is 1. The van der Waals surface area contributed by atoms with Crippen LogP contribution in [0, 0.1) is 11.7 Å². The maximum Gasteiger partial charge on any atom is 0.256 e. The molecule has 0 saturated carbocycles. The molecule has 1 aliphatic rings. The molecule has 1 aromatic carbocycles. The Morgan fingerprint density at radius 2 is 2.10 bits per heavy atom. The maximum absolute atomic E-state index is 13.9. The molecule has 1 aromatic rings. The average molecular weight is 344 g/mol. The van der Waals surface area contributed by atoms with E-state index < -0.39 is 5.82 Å². The Morgan fingerprint density at radius 1 is 1.45 bits per heavy atom. The maximum atomic E-state index is 13.9. The van der Waals surface area contributed by atoms with Crippen LogP contribution in [0.15, 0.2) is 27.8 Å². The molecule has 108 valence electrons. The van der Waals surface area contributed by atoms with E-state index in [0.29, 0.717) is 25.9 Å². The van der Waals surface area contributed by atoms with Gasteiger partial charge in [0.15, 0.2) is 0 Å². The zero-order valence-corrected chi connectivity index (χ0v) is 12.3. The Kier molecular flexibility index (Phi) is 4.59. The number of hydrogen-bond acceptors (Lipinski definition) is 3. The second-order valence-electron chi connectivity index (χ2n) is 4.69. The monoisotopic (exact) mass is 343 g/mol. The predicted octanol–water partition coefficient (Wildman–Crippen LogP) is 2.19. The molecule has 5 nitrogen and oxygen atoms in total. The SMILES string of the molecule is N/C(=N/O)C1CCN(C(=O)c2cccc(Br)c2F)CC1. The first-order valence-corrected chi connectivity index (χ1v) is 7.04. The van der Waals surface area contributed by atoms with Crippen LogP contribution in [-0.2, 0) is 0 Å². The fourth-order valence-electron chi connectivity index (χ4n) is 2.30. The largest absolute Gasteiger partial charge is 0.409 e. The lowest BCUT2D eigenvalue weighted by Gasteiger charge is -2.31. The van der Waals surface area contributed by atoms with Crippen molar-refractivity contribution in [2.75, 3.05) is 13.1 Å². The highest BCUT2D eigenvalue weighted by Crippen LogP contribution is 2.23. The smallest absolute Gasteiger partial charge is 0.256 e. The first-order chi connectivity index (χ1) is 9.54. The van der Waals surface area contributed by atoms with Crippen LogP contribution in [0.5, 0.6) is 0 Å². The summed E-state index contributed by atoms with van der Waals surface area (Å²) in [7, 11) is 0. The Bertz CT molecular complexity index is 542. The summed E-state index contributed by atoms with van der Waals surface area (Å²) in [5.74, 6) is -0.722. The first-order valence-electron chi connectivity index (χ1n) is 6.25. The standard InChI is InChI=1S/C13H15BrFN3O2/c14-10-3-1-2-9(11(10)15)13(19)18-6-4-8(5-7-18)12(16)17-20/h1-3,8,20H,4-7H2,(H2,16,17). The van der Waals surface area contributed by atoms with Crippen molar-refractivity contribution in [2.24, 2.45) is 16.8 Å². The Morgan fingerprint density at radius 3 is 2.70 bits per heavy atom. The lowest BCUT2D eigenvalue weighted by Crippen LogP contribution is -2.42. The summed E-state index contributed by atoms with van der Waals surface area (Å²) >= 11 is 3.07. The number of rotatable bonds is 2. The van der Waals surface area contributed by atoms with Gasteiger partial charge in [0.05, 0.1) is 10.0 Å². The van der Waals surface area contributed by atoms with Gasteiger partial charge in [-0.3, -0.25) is 4.79 Å². The van der Waals surface area contributed by atoms with E-state index in [1.165, 1.54) is 6.07 Å². The van der Waals surface area contributed by atoms with Crippen LogP contribution in [0.3, 0.4) is 0 Å². The van der Waals surface area contributed by atoms with Crippen LogP contribution in [-0.4, -0.2) is 34.9 Å². The van der Waals surface area contributed by atoms with E-state index in [-0.39, 0.29) is 27.7 Å². The molecule has 1 aliphatic heterocycles. The van der Waals surface area contributed by atoms with E-state index in [0.717, 1.165) is 0 Å². The molecule has 1 heterocycles. The number of piperidine rings is 1. The van der Waals surface area contributed by atoms with Crippen LogP contribution < -0.4 is 5.73 Å². The van der Waals surface area contributed by atoms with Gasteiger partial charge in [-0.05, 0) is 40.9 Å². The molecule has 0 atom stereocenters. The van der Waals surface area contributed by atoms with Gasteiger partial charge >= 0.3 is 0 Å². The molecule has 0 unspecified atom stereocenters. The summed E-state index contributed by atoms with van der Waals surface area (Å²) in [6, 6.07) is 4.65. The van der Waals surface area contributed by atoms with Gasteiger partial charge in [-0.1, -0.05) is 11.2 Å². The number of carbonyl (C=O) groups is 1. The fourth-order valence-corrected chi connectivity index (χ4v) is 2.67. The minimum atomic E-state index is -0.545. The van der Waals surface area contributed by atoms with Gasteiger partial charge in [-0.15, -0.1) is 0 Å². The van der Waals surface area contributed by atoms with E-state index in [4.69, 9.17) is 10.9 Å². The number of oxime groups is 1. The number of hydrogen-bond donors (Lipinski definition) is 2. The molecule has 0 bridgehead atoms.